The molecule has 0 spiro atoms. The third kappa shape index (κ3) is 4.67. The van der Waals surface area contributed by atoms with Gasteiger partial charge in [-0.15, -0.1) is 11.3 Å². The maximum atomic E-state index is 13.0. The molecule has 2 amide bonds. The Morgan fingerprint density at radius 2 is 2.12 bits per heavy atom. The number of likely N-dealkylation sites (tertiary alicyclic amines) is 1. The molecule has 0 saturated carbocycles. The smallest absolute Gasteiger partial charge is 0.254 e. The predicted molar refractivity (Wildman–Crippen MR) is 120 cm³/mol. The highest BCUT2D eigenvalue weighted by Crippen LogP contribution is 2.28. The summed E-state index contributed by atoms with van der Waals surface area (Å²) >= 11 is 1.61. The van der Waals surface area contributed by atoms with Gasteiger partial charge in [0.15, 0.2) is 0 Å². The van der Waals surface area contributed by atoms with Gasteiger partial charge in [0.2, 0.25) is 11.8 Å². The van der Waals surface area contributed by atoms with E-state index in [4.69, 9.17) is 9.26 Å². The number of amides is 2. The van der Waals surface area contributed by atoms with E-state index in [1.165, 1.54) is 7.11 Å². The predicted octanol–water partition coefficient (Wildman–Crippen LogP) is 3.53. The monoisotopic (exact) mass is 454 g/mol. The van der Waals surface area contributed by atoms with Crippen LogP contribution in [0.1, 0.15) is 42.8 Å². The van der Waals surface area contributed by atoms with Gasteiger partial charge in [0.05, 0.1) is 35.7 Å². The van der Waals surface area contributed by atoms with Gasteiger partial charge in [-0.3, -0.25) is 9.59 Å². The first-order valence-electron chi connectivity index (χ1n) is 10.6. The summed E-state index contributed by atoms with van der Waals surface area (Å²) in [6.07, 6.45) is 1.49. The third-order valence-corrected chi connectivity index (χ3v) is 6.70. The van der Waals surface area contributed by atoms with Crippen molar-refractivity contribution in [1.29, 1.82) is 0 Å². The van der Waals surface area contributed by atoms with Crippen LogP contribution in [-0.2, 0) is 16.0 Å². The van der Waals surface area contributed by atoms with Crippen LogP contribution >= 0.6 is 11.3 Å². The first-order chi connectivity index (χ1) is 15.5. The van der Waals surface area contributed by atoms with Gasteiger partial charge in [0.1, 0.15) is 11.8 Å². The molecule has 0 aliphatic carbocycles. The minimum atomic E-state index is -0.478. The van der Waals surface area contributed by atoms with Gasteiger partial charge in [0, 0.05) is 12.6 Å². The fraction of sp³-hybridized carbons (Fsp3) is 0.391. The zero-order valence-corrected chi connectivity index (χ0v) is 19.1. The second-order valence-electron chi connectivity index (χ2n) is 7.88. The first-order valence-corrected chi connectivity index (χ1v) is 11.4. The lowest BCUT2D eigenvalue weighted by Gasteiger charge is -2.25. The molecule has 0 bridgehead atoms. The second kappa shape index (κ2) is 9.52. The van der Waals surface area contributed by atoms with E-state index in [1.54, 1.807) is 22.3 Å². The molecule has 3 aromatic rings. The van der Waals surface area contributed by atoms with Crippen LogP contribution in [0.15, 0.2) is 40.4 Å². The highest BCUT2D eigenvalue weighted by molar-refractivity contribution is 7.13. The van der Waals surface area contributed by atoms with E-state index in [-0.39, 0.29) is 24.3 Å². The summed E-state index contributed by atoms with van der Waals surface area (Å²) in [5.41, 5.74) is 4.98. The minimum absolute atomic E-state index is 0.0498. The Bertz CT molecular complexity index is 1090. The quantitative estimate of drug-likeness (QED) is 0.587. The van der Waals surface area contributed by atoms with Gasteiger partial charge in [-0.1, -0.05) is 24.3 Å². The summed E-state index contributed by atoms with van der Waals surface area (Å²) in [7, 11) is 1.49. The van der Waals surface area contributed by atoms with Gasteiger partial charge >= 0.3 is 0 Å². The van der Waals surface area contributed by atoms with Crippen molar-refractivity contribution in [2.75, 3.05) is 13.7 Å². The number of rotatable bonds is 7. The molecule has 1 aliphatic rings. The molecular formula is C23H26N4O4S. The number of methoxy groups -OCH3 is 1. The van der Waals surface area contributed by atoms with Crippen LogP contribution in [0, 0.1) is 6.92 Å². The lowest BCUT2D eigenvalue weighted by Crippen LogP contribution is -2.47. The normalized spacial score (nSPS) is 16.7. The second-order valence-corrected chi connectivity index (χ2v) is 8.73. The van der Waals surface area contributed by atoms with Crippen LogP contribution in [0.2, 0.25) is 0 Å². The van der Waals surface area contributed by atoms with Gasteiger partial charge in [0.25, 0.3) is 5.88 Å². The fourth-order valence-electron chi connectivity index (χ4n) is 3.96. The molecule has 4 rings (SSSR count). The van der Waals surface area contributed by atoms with Crippen LogP contribution < -0.4 is 10.1 Å². The highest BCUT2D eigenvalue weighted by Gasteiger charge is 2.35. The number of thiazole rings is 1. The number of carbonyl (C=O) groups excluding carboxylic acids is 2. The Balaban J connectivity index is 1.37. The van der Waals surface area contributed by atoms with Gasteiger partial charge in [-0.25, -0.2) is 4.98 Å². The maximum absolute atomic E-state index is 13.0. The zero-order chi connectivity index (χ0) is 22.7. The van der Waals surface area contributed by atoms with E-state index in [0.29, 0.717) is 24.6 Å². The molecule has 2 unspecified atom stereocenters. The molecular weight excluding hydrogens is 428 g/mol. The molecule has 1 saturated heterocycles. The molecule has 8 nitrogen and oxygen atoms in total. The first kappa shape index (κ1) is 22.0. The summed E-state index contributed by atoms with van der Waals surface area (Å²) in [4.78, 5) is 32.8. The van der Waals surface area contributed by atoms with E-state index >= 15 is 0 Å². The number of benzene rings is 1. The van der Waals surface area contributed by atoms with Crippen molar-refractivity contribution in [1.82, 2.24) is 20.4 Å². The van der Waals surface area contributed by atoms with Crippen LogP contribution in [0.5, 0.6) is 5.88 Å². The number of nitrogens with zero attached hydrogens (tertiary/aromatic N) is 3. The molecule has 1 fully saturated rings. The molecule has 1 N–H and O–H groups in total. The van der Waals surface area contributed by atoms with Crippen molar-refractivity contribution in [2.45, 2.75) is 45.2 Å². The van der Waals surface area contributed by atoms with E-state index in [0.717, 1.165) is 28.1 Å². The van der Waals surface area contributed by atoms with Crippen molar-refractivity contribution in [2.24, 2.45) is 0 Å². The third-order valence-electron chi connectivity index (χ3n) is 5.72. The molecule has 0 radical (unpaired) electrons. The molecule has 32 heavy (non-hydrogen) atoms. The maximum Gasteiger partial charge on any atom is 0.254 e. The van der Waals surface area contributed by atoms with Crippen molar-refractivity contribution in [3.8, 4) is 16.3 Å². The molecule has 1 aliphatic heterocycles. The molecule has 1 aromatic carbocycles. The molecule has 2 atom stereocenters. The van der Waals surface area contributed by atoms with Crippen molar-refractivity contribution >= 4 is 23.2 Å². The van der Waals surface area contributed by atoms with E-state index in [1.807, 2.05) is 31.5 Å². The van der Waals surface area contributed by atoms with E-state index in [2.05, 4.69) is 27.6 Å². The summed E-state index contributed by atoms with van der Waals surface area (Å²) in [6.45, 7) is 4.50. The number of hydrogen-bond donors (Lipinski definition) is 1. The molecule has 9 heteroatoms. The van der Waals surface area contributed by atoms with E-state index < -0.39 is 6.04 Å². The number of aryl methyl sites for hydroxylation is 1. The highest BCUT2D eigenvalue weighted by atomic mass is 32.1. The number of carbonyl (C=O) groups is 2. The number of hydrogen-bond acceptors (Lipinski definition) is 7. The zero-order valence-electron chi connectivity index (χ0n) is 18.3. The molecule has 3 heterocycles. The van der Waals surface area contributed by atoms with Crippen LogP contribution in [0.25, 0.3) is 10.4 Å². The van der Waals surface area contributed by atoms with Crippen molar-refractivity contribution in [3.63, 3.8) is 0 Å². The number of ether oxygens (including phenoxy) is 1. The Hall–Kier alpha value is -3.20. The Morgan fingerprint density at radius 1 is 1.34 bits per heavy atom. The Morgan fingerprint density at radius 3 is 2.78 bits per heavy atom. The summed E-state index contributed by atoms with van der Waals surface area (Å²) < 4.78 is 10.1. The van der Waals surface area contributed by atoms with Crippen LogP contribution in [-0.4, -0.2) is 46.6 Å². The topological polar surface area (TPSA) is 97.6 Å². The van der Waals surface area contributed by atoms with Crippen molar-refractivity contribution in [3.05, 3.63) is 52.9 Å². The summed E-state index contributed by atoms with van der Waals surface area (Å²) in [5.74, 6) is 0.454. The molecule has 168 valence electrons. The van der Waals surface area contributed by atoms with Gasteiger partial charge in [-0.2, -0.15) is 0 Å². The number of nitrogens with one attached hydrogen (secondary N) is 1. The largest absolute Gasteiger partial charge is 0.479 e. The lowest BCUT2D eigenvalue weighted by atomic mass is 10.0. The van der Waals surface area contributed by atoms with Crippen LogP contribution in [0.3, 0.4) is 0 Å². The average molecular weight is 455 g/mol. The lowest BCUT2D eigenvalue weighted by molar-refractivity contribution is -0.138. The van der Waals surface area contributed by atoms with Crippen LogP contribution in [0.4, 0.5) is 0 Å². The standard InChI is InChI=1S/C23H26N4O4S/c1-14(16-6-8-17(9-7-16)22-15(2)24-13-32-22)25-23(29)19-5-4-10-27(19)21(28)12-18-11-20(30-3)26-31-18/h6-9,11,13-14,19H,4-5,10,12H2,1-3H3,(H,25,29). The number of aromatic nitrogens is 2. The fourth-order valence-corrected chi connectivity index (χ4v) is 4.77. The Labute approximate surface area is 190 Å². The summed E-state index contributed by atoms with van der Waals surface area (Å²) in [6, 6.07) is 9.08. The average Bonchev–Trinajstić information content (AvgIpc) is 3.54. The SMILES string of the molecule is COc1cc(CC(=O)N2CCCC2C(=O)NC(C)c2ccc(-c3scnc3C)cc2)on1. The van der Waals surface area contributed by atoms with E-state index in [9.17, 15) is 9.59 Å². The Kier molecular flexibility index (Phi) is 6.55. The minimum Gasteiger partial charge on any atom is -0.479 e. The summed E-state index contributed by atoms with van der Waals surface area (Å²) in [5, 5.41) is 6.79. The van der Waals surface area contributed by atoms with Gasteiger partial charge < -0.3 is 19.5 Å². The van der Waals surface area contributed by atoms with Gasteiger partial charge in [-0.05, 0) is 43.0 Å². The van der Waals surface area contributed by atoms with Crippen molar-refractivity contribution < 1.29 is 18.8 Å². The molecule has 2 aromatic heterocycles.